The number of ether oxygens (including phenoxy) is 2. The maximum absolute atomic E-state index is 10.6. The Labute approximate surface area is 180 Å². The zero-order chi connectivity index (χ0) is 21.5. The van der Waals surface area contributed by atoms with Crippen LogP contribution in [0.25, 0.3) is 11.5 Å². The van der Waals surface area contributed by atoms with Gasteiger partial charge in [-0.3, -0.25) is 0 Å². The summed E-state index contributed by atoms with van der Waals surface area (Å²) in [5.74, 6) is 2.75. The van der Waals surface area contributed by atoms with E-state index in [0.29, 0.717) is 18.2 Å². The van der Waals surface area contributed by atoms with E-state index < -0.39 is 5.97 Å². The first-order valence-electron chi connectivity index (χ1n) is 9.67. The summed E-state index contributed by atoms with van der Waals surface area (Å²) in [6.07, 6.45) is 0.891. The van der Waals surface area contributed by atoms with Crippen LogP contribution in [0.2, 0.25) is 0 Å². The largest absolute Gasteiger partial charge is 0.494 e. The Morgan fingerprint density at radius 3 is 2.67 bits per heavy atom. The minimum absolute atomic E-state index is 0.332. The first kappa shape index (κ1) is 21.8. The average Bonchev–Trinajstić information content (AvgIpc) is 3.06. The van der Waals surface area contributed by atoms with Crippen molar-refractivity contribution in [3.05, 3.63) is 59.5 Å². The molecular weight excluding hydrogens is 402 g/mol. The smallest absolute Gasteiger partial charge is 0.341 e. The van der Waals surface area contributed by atoms with Gasteiger partial charge in [0.05, 0.1) is 12.3 Å². The third kappa shape index (κ3) is 6.03. The summed E-state index contributed by atoms with van der Waals surface area (Å²) in [5, 5.41) is 8.71. The maximum atomic E-state index is 10.6. The van der Waals surface area contributed by atoms with Crippen LogP contribution in [0.1, 0.15) is 23.4 Å². The quantitative estimate of drug-likeness (QED) is 0.348. The molecule has 0 amide bonds. The highest BCUT2D eigenvalue weighted by Gasteiger charge is 2.09. The van der Waals surface area contributed by atoms with E-state index in [9.17, 15) is 4.79 Å². The number of nitrogens with zero attached hydrogens (tertiary/aromatic N) is 1. The van der Waals surface area contributed by atoms with Crippen LogP contribution in [0.4, 0.5) is 0 Å². The standard InChI is InChI=1S/C23H25NO5S/c1-15-12-20(8-9-21(15)28-14-22(25)26)30-11-5-10-27-19-7-4-6-18(13-19)23-24-16(2)17(3)29-23/h4,6-9,12-13H,5,10-11,14H2,1-3H3,(H,25,26). The lowest BCUT2D eigenvalue weighted by molar-refractivity contribution is -0.139. The molecule has 0 aliphatic carbocycles. The zero-order valence-corrected chi connectivity index (χ0v) is 18.1. The van der Waals surface area contributed by atoms with Gasteiger partial charge in [-0.25, -0.2) is 9.78 Å². The summed E-state index contributed by atoms with van der Waals surface area (Å²) >= 11 is 1.73. The molecule has 7 heteroatoms. The third-order valence-corrected chi connectivity index (χ3v) is 5.51. The molecule has 0 fully saturated rings. The number of oxazole rings is 1. The molecule has 0 aliphatic rings. The van der Waals surface area contributed by atoms with E-state index in [-0.39, 0.29) is 6.61 Å². The molecule has 2 aromatic carbocycles. The highest BCUT2D eigenvalue weighted by Crippen LogP contribution is 2.27. The second-order valence-corrected chi connectivity index (χ2v) is 8.02. The van der Waals surface area contributed by atoms with Crippen molar-refractivity contribution < 1.29 is 23.8 Å². The van der Waals surface area contributed by atoms with Crippen molar-refractivity contribution >= 4 is 17.7 Å². The number of thioether (sulfide) groups is 1. The van der Waals surface area contributed by atoms with Crippen LogP contribution < -0.4 is 9.47 Å². The molecule has 3 aromatic rings. The predicted octanol–water partition coefficient (Wildman–Crippen LogP) is 5.29. The van der Waals surface area contributed by atoms with Crippen molar-refractivity contribution in [1.82, 2.24) is 4.98 Å². The lowest BCUT2D eigenvalue weighted by atomic mass is 10.2. The summed E-state index contributed by atoms with van der Waals surface area (Å²) in [5.41, 5.74) is 2.72. The summed E-state index contributed by atoms with van der Waals surface area (Å²) in [4.78, 5) is 16.2. The van der Waals surface area contributed by atoms with E-state index in [4.69, 9.17) is 19.0 Å². The molecule has 6 nitrogen and oxygen atoms in total. The van der Waals surface area contributed by atoms with Gasteiger partial charge in [0.1, 0.15) is 17.3 Å². The molecule has 0 atom stereocenters. The summed E-state index contributed by atoms with van der Waals surface area (Å²) < 4.78 is 16.8. The molecule has 0 saturated carbocycles. The summed E-state index contributed by atoms with van der Waals surface area (Å²) in [6.45, 7) is 6.02. The predicted molar refractivity (Wildman–Crippen MR) is 117 cm³/mol. The van der Waals surface area contributed by atoms with Crippen LogP contribution >= 0.6 is 11.8 Å². The number of carbonyl (C=O) groups is 1. The van der Waals surface area contributed by atoms with Crippen LogP contribution in [-0.2, 0) is 4.79 Å². The van der Waals surface area contributed by atoms with Crippen LogP contribution in [0.3, 0.4) is 0 Å². The van der Waals surface area contributed by atoms with Crippen LogP contribution in [0, 0.1) is 20.8 Å². The molecule has 1 aromatic heterocycles. The van der Waals surface area contributed by atoms with Gasteiger partial charge in [-0.15, -0.1) is 11.8 Å². The van der Waals surface area contributed by atoms with Gasteiger partial charge in [-0.1, -0.05) is 6.07 Å². The highest BCUT2D eigenvalue weighted by atomic mass is 32.2. The maximum Gasteiger partial charge on any atom is 0.341 e. The van der Waals surface area contributed by atoms with Crippen LogP contribution in [-0.4, -0.2) is 35.0 Å². The number of carboxylic acids is 1. The minimum atomic E-state index is -0.982. The molecule has 158 valence electrons. The molecule has 0 radical (unpaired) electrons. The summed E-state index contributed by atoms with van der Waals surface area (Å²) in [6, 6.07) is 13.5. The Hall–Kier alpha value is -2.93. The molecule has 0 unspecified atom stereocenters. The lowest BCUT2D eigenvalue weighted by Crippen LogP contribution is -2.10. The van der Waals surface area contributed by atoms with Gasteiger partial charge in [0, 0.05) is 16.2 Å². The topological polar surface area (TPSA) is 81.8 Å². The lowest BCUT2D eigenvalue weighted by Gasteiger charge is -2.09. The van der Waals surface area contributed by atoms with E-state index in [0.717, 1.165) is 45.4 Å². The molecular formula is C23H25NO5S. The molecule has 1 N–H and O–H groups in total. The highest BCUT2D eigenvalue weighted by molar-refractivity contribution is 7.99. The third-order valence-electron chi connectivity index (χ3n) is 4.43. The van der Waals surface area contributed by atoms with Gasteiger partial charge >= 0.3 is 5.97 Å². The number of hydrogen-bond donors (Lipinski definition) is 1. The molecule has 1 heterocycles. The van der Waals surface area contributed by atoms with E-state index in [1.807, 2.05) is 63.2 Å². The second kappa shape index (κ2) is 10.2. The minimum Gasteiger partial charge on any atom is -0.494 e. The first-order valence-corrected chi connectivity index (χ1v) is 10.7. The fourth-order valence-corrected chi connectivity index (χ4v) is 3.69. The Bertz CT molecular complexity index is 995. The Balaban J connectivity index is 1.45. The van der Waals surface area contributed by atoms with Gasteiger partial charge in [-0.05, 0) is 69.2 Å². The Kier molecular flexibility index (Phi) is 7.41. The number of hydrogen-bond acceptors (Lipinski definition) is 6. The molecule has 0 aliphatic heterocycles. The molecule has 0 saturated heterocycles. The number of aliphatic carboxylic acids is 1. The van der Waals surface area contributed by atoms with Gasteiger partial charge in [-0.2, -0.15) is 0 Å². The fraction of sp³-hybridized carbons (Fsp3) is 0.304. The number of rotatable bonds is 10. The monoisotopic (exact) mass is 427 g/mol. The van der Waals surface area contributed by atoms with Gasteiger partial charge in [0.15, 0.2) is 6.61 Å². The first-order chi connectivity index (χ1) is 14.4. The van der Waals surface area contributed by atoms with Crippen molar-refractivity contribution in [3.8, 4) is 23.0 Å². The van der Waals surface area contributed by atoms with E-state index in [1.165, 1.54) is 0 Å². The van der Waals surface area contributed by atoms with Crippen molar-refractivity contribution in [2.45, 2.75) is 32.1 Å². The van der Waals surface area contributed by atoms with Crippen molar-refractivity contribution in [3.63, 3.8) is 0 Å². The van der Waals surface area contributed by atoms with E-state index >= 15 is 0 Å². The molecule has 0 bridgehead atoms. The number of carboxylic acid groups (broad SMARTS) is 1. The van der Waals surface area contributed by atoms with Gasteiger partial charge in [0.2, 0.25) is 5.89 Å². The number of aryl methyl sites for hydroxylation is 3. The number of aromatic nitrogens is 1. The fourth-order valence-electron chi connectivity index (χ4n) is 2.77. The summed E-state index contributed by atoms with van der Waals surface area (Å²) in [7, 11) is 0. The second-order valence-electron chi connectivity index (χ2n) is 6.85. The Morgan fingerprint density at radius 2 is 1.97 bits per heavy atom. The molecule has 0 spiro atoms. The number of benzene rings is 2. The van der Waals surface area contributed by atoms with Crippen LogP contribution in [0.5, 0.6) is 11.5 Å². The van der Waals surface area contributed by atoms with Crippen molar-refractivity contribution in [1.29, 1.82) is 0 Å². The molecule has 30 heavy (non-hydrogen) atoms. The average molecular weight is 428 g/mol. The molecule has 3 rings (SSSR count). The normalized spacial score (nSPS) is 10.8. The van der Waals surface area contributed by atoms with Gasteiger partial charge < -0.3 is 19.0 Å². The van der Waals surface area contributed by atoms with Crippen molar-refractivity contribution in [2.75, 3.05) is 19.0 Å². The zero-order valence-electron chi connectivity index (χ0n) is 17.3. The van der Waals surface area contributed by atoms with Crippen molar-refractivity contribution in [2.24, 2.45) is 0 Å². The van der Waals surface area contributed by atoms with Gasteiger partial charge in [0.25, 0.3) is 0 Å². The van der Waals surface area contributed by atoms with E-state index in [2.05, 4.69) is 4.98 Å². The van der Waals surface area contributed by atoms with Crippen LogP contribution in [0.15, 0.2) is 51.8 Å². The SMILES string of the molecule is Cc1cc(SCCCOc2cccc(-c3nc(C)c(C)o3)c2)ccc1OCC(=O)O. The van der Waals surface area contributed by atoms with E-state index in [1.54, 1.807) is 11.8 Å². The Morgan fingerprint density at radius 1 is 1.13 bits per heavy atom.